The summed E-state index contributed by atoms with van der Waals surface area (Å²) in [6.45, 7) is 3.49. The van der Waals surface area contributed by atoms with Gasteiger partial charge in [-0.3, -0.25) is 4.79 Å². The first-order valence-electron chi connectivity index (χ1n) is 4.03. The highest BCUT2D eigenvalue weighted by Crippen LogP contribution is 2.25. The fraction of sp³-hybridized carbons (Fsp3) is 0.300. The van der Waals surface area contributed by atoms with Crippen LogP contribution in [-0.4, -0.2) is 12.2 Å². The molecular weight excluding hydrogens is 254 g/mol. The number of aryl methyl sites for hydroxylation is 1. The van der Waals surface area contributed by atoms with E-state index in [1.165, 1.54) is 6.07 Å². The Morgan fingerprint density at radius 2 is 1.93 bits per heavy atom. The van der Waals surface area contributed by atoms with Crippen LogP contribution >= 0.6 is 15.9 Å². The van der Waals surface area contributed by atoms with E-state index in [0.29, 0.717) is 10.0 Å². The monoisotopic (exact) mass is 262 g/mol. The Morgan fingerprint density at radius 1 is 1.36 bits per heavy atom. The fourth-order valence-corrected chi connectivity index (χ4v) is 1.55. The maximum atomic E-state index is 12.2. The van der Waals surface area contributed by atoms with Crippen molar-refractivity contribution in [2.75, 3.05) is 0 Å². The fourth-order valence-electron chi connectivity index (χ4n) is 1.20. The Morgan fingerprint density at radius 3 is 2.43 bits per heavy atom. The Labute approximate surface area is 89.3 Å². The highest BCUT2D eigenvalue weighted by molar-refractivity contribution is 9.10. The standard InChI is InChI=1S/C10H9BrF2O/c1-5-3-4-7(6(2)8(5)11)9(14)10(12)13/h3-4,10H,1-2H3. The Balaban J connectivity index is 3.24. The van der Waals surface area contributed by atoms with Gasteiger partial charge in [-0.05, 0) is 25.0 Å². The summed E-state index contributed by atoms with van der Waals surface area (Å²) in [6.07, 6.45) is -2.94. The van der Waals surface area contributed by atoms with Crippen LogP contribution in [-0.2, 0) is 0 Å². The SMILES string of the molecule is Cc1ccc(C(=O)C(F)F)c(C)c1Br. The summed E-state index contributed by atoms with van der Waals surface area (Å²) >= 11 is 3.25. The minimum atomic E-state index is -2.94. The second-order valence-corrected chi connectivity index (χ2v) is 3.83. The van der Waals surface area contributed by atoms with Crippen molar-refractivity contribution in [2.24, 2.45) is 0 Å². The average molecular weight is 263 g/mol. The molecule has 0 bridgehead atoms. The number of carbonyl (C=O) groups is 1. The van der Waals surface area contributed by atoms with Crippen LogP contribution in [0.2, 0.25) is 0 Å². The van der Waals surface area contributed by atoms with Gasteiger partial charge in [0.15, 0.2) is 0 Å². The molecule has 0 aliphatic rings. The van der Waals surface area contributed by atoms with Gasteiger partial charge in [0.2, 0.25) is 5.78 Å². The van der Waals surface area contributed by atoms with Crippen molar-refractivity contribution in [1.29, 1.82) is 0 Å². The molecule has 0 aliphatic heterocycles. The number of rotatable bonds is 2. The number of alkyl halides is 2. The second-order valence-electron chi connectivity index (χ2n) is 3.03. The van der Waals surface area contributed by atoms with Crippen LogP contribution in [0.3, 0.4) is 0 Å². The second kappa shape index (κ2) is 4.17. The number of hydrogen-bond donors (Lipinski definition) is 0. The van der Waals surface area contributed by atoms with Crippen molar-refractivity contribution in [3.05, 3.63) is 33.3 Å². The van der Waals surface area contributed by atoms with E-state index >= 15 is 0 Å². The molecule has 0 aliphatic carbocycles. The molecule has 0 radical (unpaired) electrons. The molecule has 0 atom stereocenters. The topological polar surface area (TPSA) is 17.1 Å². The first-order valence-corrected chi connectivity index (χ1v) is 4.82. The summed E-state index contributed by atoms with van der Waals surface area (Å²) in [5, 5.41) is 0. The zero-order valence-corrected chi connectivity index (χ0v) is 9.36. The molecule has 14 heavy (non-hydrogen) atoms. The van der Waals surface area contributed by atoms with Crippen LogP contribution in [0, 0.1) is 13.8 Å². The van der Waals surface area contributed by atoms with E-state index in [4.69, 9.17) is 0 Å². The van der Waals surface area contributed by atoms with E-state index in [-0.39, 0.29) is 5.56 Å². The molecule has 1 rings (SSSR count). The third-order valence-electron chi connectivity index (χ3n) is 2.04. The zero-order chi connectivity index (χ0) is 10.9. The highest BCUT2D eigenvalue weighted by Gasteiger charge is 2.20. The molecule has 0 fully saturated rings. The summed E-state index contributed by atoms with van der Waals surface area (Å²) in [5.74, 6) is -1.12. The van der Waals surface area contributed by atoms with E-state index in [2.05, 4.69) is 15.9 Å². The molecule has 0 spiro atoms. The summed E-state index contributed by atoms with van der Waals surface area (Å²) in [7, 11) is 0. The van der Waals surface area contributed by atoms with Crippen LogP contribution in [0.15, 0.2) is 16.6 Å². The summed E-state index contributed by atoms with van der Waals surface area (Å²) < 4.78 is 25.0. The zero-order valence-electron chi connectivity index (χ0n) is 7.77. The molecule has 0 amide bonds. The van der Waals surface area contributed by atoms with Gasteiger partial charge >= 0.3 is 6.43 Å². The van der Waals surface area contributed by atoms with Crippen molar-refractivity contribution in [3.63, 3.8) is 0 Å². The van der Waals surface area contributed by atoms with Crippen molar-refractivity contribution in [2.45, 2.75) is 20.3 Å². The van der Waals surface area contributed by atoms with Gasteiger partial charge in [0.05, 0.1) is 0 Å². The predicted molar refractivity (Wildman–Crippen MR) is 54.0 cm³/mol. The molecule has 4 heteroatoms. The number of hydrogen-bond acceptors (Lipinski definition) is 1. The molecule has 0 aromatic heterocycles. The van der Waals surface area contributed by atoms with Crippen LogP contribution in [0.4, 0.5) is 8.78 Å². The van der Waals surface area contributed by atoms with Gasteiger partial charge in [-0.25, -0.2) is 8.78 Å². The average Bonchev–Trinajstić information content (AvgIpc) is 2.13. The van der Waals surface area contributed by atoms with E-state index in [1.54, 1.807) is 13.0 Å². The van der Waals surface area contributed by atoms with Gasteiger partial charge in [0.1, 0.15) is 0 Å². The van der Waals surface area contributed by atoms with E-state index in [1.807, 2.05) is 6.92 Å². The molecule has 0 saturated carbocycles. The molecule has 0 saturated heterocycles. The smallest absolute Gasteiger partial charge is 0.288 e. The Bertz CT molecular complexity index is 375. The number of carbonyl (C=O) groups excluding carboxylic acids is 1. The number of Topliss-reactive ketones (excluding diaryl/α,β-unsaturated/α-hetero) is 1. The maximum Gasteiger partial charge on any atom is 0.300 e. The number of ketones is 1. The van der Waals surface area contributed by atoms with Crippen molar-refractivity contribution >= 4 is 21.7 Å². The number of halogens is 3. The third-order valence-corrected chi connectivity index (χ3v) is 3.26. The first-order chi connectivity index (χ1) is 6.45. The van der Waals surface area contributed by atoms with E-state index < -0.39 is 12.2 Å². The molecule has 0 unspecified atom stereocenters. The highest BCUT2D eigenvalue weighted by atomic mass is 79.9. The predicted octanol–water partition coefficient (Wildman–Crippen LogP) is 3.51. The first kappa shape index (κ1) is 11.3. The normalized spacial score (nSPS) is 10.7. The lowest BCUT2D eigenvalue weighted by atomic mass is 10.0. The molecule has 0 N–H and O–H groups in total. The Kier molecular flexibility index (Phi) is 3.37. The Hall–Kier alpha value is -0.770. The molecule has 1 aromatic carbocycles. The molecule has 0 heterocycles. The van der Waals surface area contributed by atoms with E-state index in [0.717, 1.165) is 5.56 Å². The quantitative estimate of drug-likeness (QED) is 0.746. The van der Waals surface area contributed by atoms with Gasteiger partial charge in [-0.2, -0.15) is 0 Å². The summed E-state index contributed by atoms with van der Waals surface area (Å²) in [5.41, 5.74) is 1.57. The third kappa shape index (κ3) is 2.00. The molecule has 1 nitrogen and oxygen atoms in total. The lowest BCUT2D eigenvalue weighted by Crippen LogP contribution is -2.12. The summed E-state index contributed by atoms with van der Waals surface area (Å²) in [6, 6.07) is 3.08. The van der Waals surface area contributed by atoms with Crippen LogP contribution < -0.4 is 0 Å². The van der Waals surface area contributed by atoms with Gasteiger partial charge in [-0.1, -0.05) is 28.1 Å². The van der Waals surface area contributed by atoms with Crippen molar-refractivity contribution < 1.29 is 13.6 Å². The van der Waals surface area contributed by atoms with Gasteiger partial charge < -0.3 is 0 Å². The van der Waals surface area contributed by atoms with Gasteiger partial charge in [0, 0.05) is 10.0 Å². The van der Waals surface area contributed by atoms with Crippen molar-refractivity contribution in [3.8, 4) is 0 Å². The van der Waals surface area contributed by atoms with E-state index in [9.17, 15) is 13.6 Å². The minimum Gasteiger partial charge on any atom is -0.288 e. The van der Waals surface area contributed by atoms with Crippen LogP contribution in [0.25, 0.3) is 0 Å². The summed E-state index contributed by atoms with van der Waals surface area (Å²) in [4.78, 5) is 11.1. The number of benzene rings is 1. The molecule has 76 valence electrons. The molecule has 1 aromatic rings. The largest absolute Gasteiger partial charge is 0.300 e. The minimum absolute atomic E-state index is 0.0810. The van der Waals surface area contributed by atoms with Crippen LogP contribution in [0.5, 0.6) is 0 Å². The van der Waals surface area contributed by atoms with Crippen LogP contribution in [0.1, 0.15) is 21.5 Å². The lowest BCUT2D eigenvalue weighted by Gasteiger charge is -2.08. The maximum absolute atomic E-state index is 12.2. The van der Waals surface area contributed by atoms with Gasteiger partial charge in [-0.15, -0.1) is 0 Å². The molecular formula is C10H9BrF2O. The van der Waals surface area contributed by atoms with Gasteiger partial charge in [0.25, 0.3) is 0 Å². The lowest BCUT2D eigenvalue weighted by molar-refractivity contribution is 0.0678. The van der Waals surface area contributed by atoms with Crippen molar-refractivity contribution in [1.82, 2.24) is 0 Å².